The summed E-state index contributed by atoms with van der Waals surface area (Å²) >= 11 is 6.14. The van der Waals surface area contributed by atoms with Gasteiger partial charge in [-0.2, -0.15) is 5.26 Å². The number of benzene rings is 2. The number of hydrogen-bond acceptors (Lipinski definition) is 3. The van der Waals surface area contributed by atoms with E-state index in [1.165, 1.54) is 0 Å². The maximum Gasteiger partial charge on any atom is 0.251 e. The number of hydrogen-bond donors (Lipinski definition) is 1. The molecule has 1 atom stereocenters. The second kappa shape index (κ2) is 7.60. The van der Waals surface area contributed by atoms with Crippen molar-refractivity contribution in [1.29, 1.82) is 5.26 Å². The van der Waals surface area contributed by atoms with E-state index >= 15 is 0 Å². The summed E-state index contributed by atoms with van der Waals surface area (Å²) < 4.78 is 5.40. The van der Waals surface area contributed by atoms with E-state index in [4.69, 9.17) is 21.6 Å². The van der Waals surface area contributed by atoms with Gasteiger partial charge in [-0.3, -0.25) is 4.79 Å². The maximum atomic E-state index is 12.1. The Hall–Kier alpha value is -2.35. The minimum absolute atomic E-state index is 0.224. The third kappa shape index (κ3) is 3.85. The van der Waals surface area contributed by atoms with Crippen LogP contribution in [0.25, 0.3) is 0 Å². The second-order valence-corrected chi connectivity index (χ2v) is 5.05. The quantitative estimate of drug-likeness (QED) is 0.920. The first kappa shape index (κ1) is 16.0. The van der Waals surface area contributed by atoms with Gasteiger partial charge in [0.05, 0.1) is 11.6 Å². The molecule has 0 aromatic heterocycles. The molecule has 2 rings (SSSR count). The first-order valence-corrected chi connectivity index (χ1v) is 7.09. The fraction of sp³-hybridized carbons (Fsp3) is 0.176. The van der Waals surface area contributed by atoms with E-state index in [-0.39, 0.29) is 12.0 Å². The Morgan fingerprint density at radius 1 is 1.27 bits per heavy atom. The molecule has 0 saturated heterocycles. The Bertz CT molecular complexity index is 693. The first-order valence-electron chi connectivity index (χ1n) is 6.71. The van der Waals surface area contributed by atoms with Gasteiger partial charge >= 0.3 is 0 Å². The molecule has 0 bridgehead atoms. The van der Waals surface area contributed by atoms with E-state index < -0.39 is 0 Å². The molecule has 0 fully saturated rings. The number of nitrogens with zero attached hydrogens (tertiary/aromatic N) is 1. The summed E-state index contributed by atoms with van der Waals surface area (Å²) in [5, 5.41) is 12.2. The van der Waals surface area contributed by atoms with Crippen molar-refractivity contribution < 1.29 is 9.53 Å². The number of nitrogens with one attached hydrogen (secondary N) is 1. The van der Waals surface area contributed by atoms with Crippen LogP contribution >= 0.6 is 11.6 Å². The van der Waals surface area contributed by atoms with Gasteiger partial charge in [0, 0.05) is 29.8 Å². The zero-order valence-electron chi connectivity index (χ0n) is 12.0. The molecule has 1 amide bonds. The number of amides is 1. The lowest BCUT2D eigenvalue weighted by Gasteiger charge is -2.17. The molecule has 112 valence electrons. The molecule has 4 nitrogen and oxygen atoms in total. The lowest BCUT2D eigenvalue weighted by Crippen LogP contribution is -2.29. The summed E-state index contributed by atoms with van der Waals surface area (Å²) in [4.78, 5) is 12.1. The number of carbonyl (C=O) groups excluding carboxylic acids is 1. The topological polar surface area (TPSA) is 62.1 Å². The van der Waals surface area contributed by atoms with Gasteiger partial charge in [-0.1, -0.05) is 29.8 Å². The molecule has 0 aliphatic heterocycles. The highest BCUT2D eigenvalue weighted by atomic mass is 35.5. The molecule has 2 aromatic carbocycles. The average molecular weight is 315 g/mol. The van der Waals surface area contributed by atoms with Crippen molar-refractivity contribution in [1.82, 2.24) is 5.32 Å². The summed E-state index contributed by atoms with van der Waals surface area (Å²) in [5.74, 6) is -0.224. The van der Waals surface area contributed by atoms with Crippen LogP contribution in [0.5, 0.6) is 0 Å². The summed E-state index contributed by atoms with van der Waals surface area (Å²) in [6.07, 6.45) is -0.323. The van der Waals surface area contributed by atoms with Crippen LogP contribution in [0.1, 0.15) is 27.6 Å². The van der Waals surface area contributed by atoms with Gasteiger partial charge < -0.3 is 10.1 Å². The second-order valence-electron chi connectivity index (χ2n) is 4.65. The predicted molar refractivity (Wildman–Crippen MR) is 84.7 cm³/mol. The van der Waals surface area contributed by atoms with Gasteiger partial charge in [-0.05, 0) is 30.3 Å². The van der Waals surface area contributed by atoms with Crippen LogP contribution in [0, 0.1) is 11.3 Å². The zero-order chi connectivity index (χ0) is 15.9. The average Bonchev–Trinajstić information content (AvgIpc) is 2.56. The number of rotatable bonds is 5. The summed E-state index contributed by atoms with van der Waals surface area (Å²) in [6.45, 7) is 0.305. The number of methoxy groups -OCH3 is 1. The monoisotopic (exact) mass is 314 g/mol. The van der Waals surface area contributed by atoms with E-state index in [2.05, 4.69) is 5.32 Å². The molecule has 5 heteroatoms. The van der Waals surface area contributed by atoms with E-state index in [0.717, 1.165) is 5.56 Å². The van der Waals surface area contributed by atoms with Crippen molar-refractivity contribution in [3.05, 3.63) is 70.2 Å². The van der Waals surface area contributed by atoms with Crippen LogP contribution in [0.4, 0.5) is 0 Å². The minimum atomic E-state index is -0.323. The summed E-state index contributed by atoms with van der Waals surface area (Å²) in [6, 6.07) is 15.8. The molecule has 0 spiro atoms. The zero-order valence-corrected chi connectivity index (χ0v) is 12.8. The normalized spacial score (nSPS) is 11.5. The highest BCUT2D eigenvalue weighted by molar-refractivity contribution is 6.31. The van der Waals surface area contributed by atoms with E-state index in [1.54, 1.807) is 37.4 Å². The third-order valence-electron chi connectivity index (χ3n) is 3.26. The van der Waals surface area contributed by atoms with Crippen molar-refractivity contribution in [2.24, 2.45) is 0 Å². The van der Waals surface area contributed by atoms with Crippen LogP contribution in [0.15, 0.2) is 48.5 Å². The molecule has 0 radical (unpaired) electrons. The van der Waals surface area contributed by atoms with Crippen molar-refractivity contribution in [2.45, 2.75) is 6.10 Å². The Labute approximate surface area is 134 Å². The van der Waals surface area contributed by atoms with Crippen molar-refractivity contribution in [3.63, 3.8) is 0 Å². The van der Waals surface area contributed by atoms with Crippen molar-refractivity contribution in [3.8, 4) is 6.07 Å². The maximum absolute atomic E-state index is 12.1. The highest BCUT2D eigenvalue weighted by Crippen LogP contribution is 2.24. The Morgan fingerprint density at radius 3 is 2.55 bits per heavy atom. The summed E-state index contributed by atoms with van der Waals surface area (Å²) in [7, 11) is 1.57. The molecule has 1 N–H and O–H groups in total. The standard InChI is InChI=1S/C17H15ClN2O2/c1-22-16(14-4-2-3-5-15(14)18)11-20-17(21)13-8-6-12(10-19)7-9-13/h2-9,16H,11H2,1H3,(H,20,21). The lowest BCUT2D eigenvalue weighted by molar-refractivity contribution is 0.0828. The SMILES string of the molecule is COC(CNC(=O)c1ccc(C#N)cc1)c1ccccc1Cl. The molecule has 1 unspecified atom stereocenters. The first-order chi connectivity index (χ1) is 10.7. The molecule has 22 heavy (non-hydrogen) atoms. The largest absolute Gasteiger partial charge is 0.375 e. The van der Waals surface area contributed by atoms with Gasteiger partial charge in [0.25, 0.3) is 5.91 Å². The van der Waals surface area contributed by atoms with Gasteiger partial charge in [0.1, 0.15) is 6.10 Å². The Balaban J connectivity index is 2.02. The van der Waals surface area contributed by atoms with Gasteiger partial charge in [-0.25, -0.2) is 0 Å². The highest BCUT2D eigenvalue weighted by Gasteiger charge is 2.15. The molecule has 0 heterocycles. The summed E-state index contributed by atoms with van der Waals surface area (Å²) in [5.41, 5.74) is 1.84. The van der Waals surface area contributed by atoms with E-state index in [0.29, 0.717) is 22.7 Å². The Morgan fingerprint density at radius 2 is 1.95 bits per heavy atom. The molecule has 0 saturated carbocycles. The molecular formula is C17H15ClN2O2. The van der Waals surface area contributed by atoms with E-state index in [1.807, 2.05) is 24.3 Å². The smallest absolute Gasteiger partial charge is 0.251 e. The fourth-order valence-corrected chi connectivity index (χ4v) is 2.30. The van der Waals surface area contributed by atoms with Crippen LogP contribution in [-0.2, 0) is 4.74 Å². The number of nitriles is 1. The van der Waals surface area contributed by atoms with Crippen LogP contribution in [0.3, 0.4) is 0 Å². The van der Waals surface area contributed by atoms with Crippen LogP contribution in [-0.4, -0.2) is 19.6 Å². The van der Waals surface area contributed by atoms with Crippen molar-refractivity contribution >= 4 is 17.5 Å². The molecule has 2 aromatic rings. The molecule has 0 aliphatic carbocycles. The van der Waals surface area contributed by atoms with Crippen molar-refractivity contribution in [2.75, 3.05) is 13.7 Å². The van der Waals surface area contributed by atoms with Gasteiger partial charge in [-0.15, -0.1) is 0 Å². The predicted octanol–water partition coefficient (Wildman–Crippen LogP) is 3.33. The fourth-order valence-electron chi connectivity index (χ4n) is 2.04. The molecular weight excluding hydrogens is 300 g/mol. The van der Waals surface area contributed by atoms with Crippen LogP contribution < -0.4 is 5.32 Å². The Kier molecular flexibility index (Phi) is 5.54. The van der Waals surface area contributed by atoms with E-state index in [9.17, 15) is 4.79 Å². The van der Waals surface area contributed by atoms with Crippen LogP contribution in [0.2, 0.25) is 5.02 Å². The number of carbonyl (C=O) groups is 1. The van der Waals surface area contributed by atoms with Gasteiger partial charge in [0.2, 0.25) is 0 Å². The number of halogens is 1. The van der Waals surface area contributed by atoms with Gasteiger partial charge in [0.15, 0.2) is 0 Å². The lowest BCUT2D eigenvalue weighted by atomic mass is 10.1. The molecule has 0 aliphatic rings. The number of ether oxygens (including phenoxy) is 1. The minimum Gasteiger partial charge on any atom is -0.375 e. The third-order valence-corrected chi connectivity index (χ3v) is 3.61.